The molecule has 1 amide bonds. The minimum absolute atomic E-state index is 0.0293. The monoisotopic (exact) mass is 270 g/mol. The number of carbonyl (C=O) groups excluding carboxylic acids is 1. The number of aromatic nitrogens is 2. The van der Waals surface area contributed by atoms with E-state index in [0.29, 0.717) is 5.89 Å². The van der Waals surface area contributed by atoms with Gasteiger partial charge in [-0.1, -0.05) is 5.16 Å². The minimum Gasteiger partial charge on any atom is -0.394 e. The Balaban J connectivity index is 1.95. The Hall–Kier alpha value is -1.51. The van der Waals surface area contributed by atoms with Crippen LogP contribution >= 0.6 is 0 Å². The van der Waals surface area contributed by atoms with Crippen molar-refractivity contribution in [2.45, 2.75) is 24.9 Å². The largest absolute Gasteiger partial charge is 0.394 e. The van der Waals surface area contributed by atoms with E-state index in [0.717, 1.165) is 19.4 Å². The Labute approximate surface area is 110 Å². The first kappa shape index (κ1) is 13.9. The number of hydrogen-bond donors (Lipinski definition) is 3. The van der Waals surface area contributed by atoms with Gasteiger partial charge in [-0.05, 0) is 19.4 Å². The van der Waals surface area contributed by atoms with Crippen LogP contribution in [0.3, 0.4) is 0 Å². The predicted octanol–water partition coefficient (Wildman–Crippen LogP) is -0.769. The first-order valence-corrected chi connectivity index (χ1v) is 6.22. The molecule has 3 N–H and O–H groups in total. The smallest absolute Gasteiger partial charge is 0.293 e. The highest BCUT2D eigenvalue weighted by atomic mass is 16.5. The van der Waals surface area contributed by atoms with Gasteiger partial charge >= 0.3 is 0 Å². The van der Waals surface area contributed by atoms with Crippen molar-refractivity contribution >= 4 is 5.91 Å². The molecule has 2 rings (SSSR count). The van der Waals surface area contributed by atoms with Gasteiger partial charge in [0.05, 0.1) is 25.3 Å². The number of aliphatic hydroxyl groups is 1. The van der Waals surface area contributed by atoms with Crippen LogP contribution in [0.25, 0.3) is 0 Å². The van der Waals surface area contributed by atoms with Gasteiger partial charge in [0.15, 0.2) is 0 Å². The zero-order valence-electron chi connectivity index (χ0n) is 10.8. The van der Waals surface area contributed by atoms with Gasteiger partial charge < -0.3 is 25.0 Å². The number of amides is 1. The zero-order chi connectivity index (χ0) is 13.7. The van der Waals surface area contributed by atoms with Crippen LogP contribution in [-0.4, -0.2) is 54.1 Å². The molecule has 19 heavy (non-hydrogen) atoms. The molecule has 1 aliphatic rings. The summed E-state index contributed by atoms with van der Waals surface area (Å²) in [6.07, 6.45) is 1.97. The summed E-state index contributed by atoms with van der Waals surface area (Å²) < 4.78 is 9.94. The van der Waals surface area contributed by atoms with E-state index >= 15 is 0 Å². The molecule has 0 saturated carbocycles. The third kappa shape index (κ3) is 3.49. The third-order valence-corrected chi connectivity index (χ3v) is 2.93. The van der Waals surface area contributed by atoms with E-state index in [4.69, 9.17) is 14.4 Å². The van der Waals surface area contributed by atoms with E-state index < -0.39 is 11.9 Å². The lowest BCUT2D eigenvalue weighted by Gasteiger charge is -2.13. The maximum absolute atomic E-state index is 11.8. The second-order valence-electron chi connectivity index (χ2n) is 4.41. The van der Waals surface area contributed by atoms with Gasteiger partial charge in [-0.2, -0.15) is 4.98 Å². The number of rotatable bonds is 6. The van der Waals surface area contributed by atoms with Gasteiger partial charge in [0.1, 0.15) is 0 Å². The topological polar surface area (TPSA) is 110 Å². The van der Waals surface area contributed by atoms with E-state index in [1.54, 1.807) is 0 Å². The molecular formula is C11H18N4O4. The molecule has 1 aliphatic heterocycles. The second kappa shape index (κ2) is 6.60. The molecule has 1 aromatic heterocycles. The maximum Gasteiger partial charge on any atom is 0.293 e. The highest BCUT2D eigenvalue weighted by Gasteiger charge is 2.25. The second-order valence-corrected chi connectivity index (χ2v) is 4.41. The van der Waals surface area contributed by atoms with Crippen molar-refractivity contribution in [3.8, 4) is 0 Å². The number of hydrogen-bond acceptors (Lipinski definition) is 7. The minimum atomic E-state index is -0.482. The fraction of sp³-hybridized carbons (Fsp3) is 0.727. The number of nitrogens with zero attached hydrogens (tertiary/aromatic N) is 2. The Morgan fingerprint density at radius 2 is 2.58 bits per heavy atom. The van der Waals surface area contributed by atoms with E-state index in [9.17, 15) is 4.79 Å². The van der Waals surface area contributed by atoms with Crippen LogP contribution in [0.15, 0.2) is 4.52 Å². The van der Waals surface area contributed by atoms with Gasteiger partial charge in [-0.15, -0.1) is 0 Å². The molecule has 0 aromatic carbocycles. The van der Waals surface area contributed by atoms with Crippen LogP contribution < -0.4 is 10.6 Å². The highest BCUT2D eigenvalue weighted by Crippen LogP contribution is 2.20. The molecular weight excluding hydrogens is 252 g/mol. The van der Waals surface area contributed by atoms with Gasteiger partial charge in [0.2, 0.25) is 5.89 Å². The summed E-state index contributed by atoms with van der Waals surface area (Å²) >= 11 is 0. The number of carbonyl (C=O) groups is 1. The van der Waals surface area contributed by atoms with E-state index in [1.807, 2.05) is 0 Å². The molecule has 106 valence electrons. The summed E-state index contributed by atoms with van der Waals surface area (Å²) in [6.45, 7) is 0.917. The predicted molar refractivity (Wildman–Crippen MR) is 64.5 cm³/mol. The van der Waals surface area contributed by atoms with Gasteiger partial charge in [-0.25, -0.2) is 0 Å². The van der Waals surface area contributed by atoms with Crippen molar-refractivity contribution in [1.29, 1.82) is 0 Å². The number of nitrogens with one attached hydrogen (secondary N) is 2. The van der Waals surface area contributed by atoms with Crippen molar-refractivity contribution < 1.29 is 19.2 Å². The van der Waals surface area contributed by atoms with Gasteiger partial charge in [-0.3, -0.25) is 4.79 Å². The Bertz CT molecular complexity index is 417. The fourth-order valence-corrected chi connectivity index (χ4v) is 1.96. The van der Waals surface area contributed by atoms with Crippen LogP contribution in [-0.2, 0) is 4.74 Å². The Kier molecular flexibility index (Phi) is 4.83. The molecule has 2 unspecified atom stereocenters. The number of methoxy groups -OCH3 is 1. The lowest BCUT2D eigenvalue weighted by molar-refractivity contribution is 0.0827. The van der Waals surface area contributed by atoms with E-state index in [1.165, 1.54) is 7.11 Å². The number of ether oxygens (including phenoxy) is 1. The Morgan fingerprint density at radius 3 is 3.21 bits per heavy atom. The number of aliphatic hydroxyl groups excluding tert-OH is 1. The van der Waals surface area contributed by atoms with Crippen molar-refractivity contribution in [3.63, 3.8) is 0 Å². The molecule has 2 heterocycles. The van der Waals surface area contributed by atoms with Crippen LogP contribution in [0.5, 0.6) is 0 Å². The van der Waals surface area contributed by atoms with Crippen LogP contribution in [0, 0.1) is 0 Å². The highest BCUT2D eigenvalue weighted by molar-refractivity contribution is 5.90. The van der Waals surface area contributed by atoms with Crippen molar-refractivity contribution in [1.82, 2.24) is 20.8 Å². The zero-order valence-corrected chi connectivity index (χ0v) is 10.8. The van der Waals surface area contributed by atoms with E-state index in [2.05, 4.69) is 20.8 Å². The molecule has 1 fully saturated rings. The average molecular weight is 270 g/mol. The Morgan fingerprint density at radius 1 is 1.74 bits per heavy atom. The van der Waals surface area contributed by atoms with Gasteiger partial charge in [0.25, 0.3) is 11.7 Å². The summed E-state index contributed by atoms with van der Waals surface area (Å²) in [5.41, 5.74) is 0. The van der Waals surface area contributed by atoms with Crippen LogP contribution in [0.1, 0.15) is 35.4 Å². The molecule has 8 nitrogen and oxygen atoms in total. The summed E-state index contributed by atoms with van der Waals surface area (Å²) in [5.74, 6) is -0.0858. The van der Waals surface area contributed by atoms with Gasteiger partial charge in [0, 0.05) is 7.11 Å². The maximum atomic E-state index is 11.8. The summed E-state index contributed by atoms with van der Waals surface area (Å²) in [5, 5.41) is 18.5. The summed E-state index contributed by atoms with van der Waals surface area (Å²) in [6, 6.07) is -0.453. The first-order chi connectivity index (χ1) is 9.24. The van der Waals surface area contributed by atoms with Crippen LogP contribution in [0.2, 0.25) is 0 Å². The van der Waals surface area contributed by atoms with Crippen molar-refractivity contribution in [3.05, 3.63) is 11.7 Å². The first-order valence-electron chi connectivity index (χ1n) is 6.22. The van der Waals surface area contributed by atoms with Crippen LogP contribution in [0.4, 0.5) is 0 Å². The molecule has 0 radical (unpaired) electrons. The quantitative estimate of drug-likeness (QED) is 0.622. The summed E-state index contributed by atoms with van der Waals surface area (Å²) in [7, 11) is 1.49. The molecule has 1 saturated heterocycles. The normalized spacial score (nSPS) is 20.4. The van der Waals surface area contributed by atoms with E-state index in [-0.39, 0.29) is 25.1 Å². The van der Waals surface area contributed by atoms with Crippen molar-refractivity contribution in [2.75, 3.05) is 26.9 Å². The average Bonchev–Trinajstić information content (AvgIpc) is 3.08. The third-order valence-electron chi connectivity index (χ3n) is 2.93. The molecule has 1 aromatic rings. The van der Waals surface area contributed by atoms with Crippen molar-refractivity contribution in [2.24, 2.45) is 0 Å². The molecule has 0 spiro atoms. The standard InChI is InChI=1S/C11H18N4O4/c1-18-6-7(5-16)13-10(17)9-14-11(19-15-9)8-3-2-4-12-8/h7-8,12,16H,2-6H2,1H3,(H,13,17). The lowest BCUT2D eigenvalue weighted by atomic mass is 10.2. The lowest BCUT2D eigenvalue weighted by Crippen LogP contribution is -2.41. The molecule has 0 aliphatic carbocycles. The molecule has 0 bridgehead atoms. The SMILES string of the molecule is COCC(CO)NC(=O)c1noc(C2CCCN2)n1. The fourth-order valence-electron chi connectivity index (χ4n) is 1.96. The molecule has 8 heteroatoms. The summed E-state index contributed by atoms with van der Waals surface area (Å²) in [4.78, 5) is 15.9. The molecule has 2 atom stereocenters.